The third-order valence-electron chi connectivity index (χ3n) is 24.5. The molecule has 11 rings (SSSR count). The standard InChI is InChI=1S/C63H106O36/c1-21(20-87-54-45(80)41(76)36(71)29(14-64)89-54)5-10-63(86)22(2)35-27(99-63)11-25-23-6-9-62(85)13-28(26(70)12-61(62,4)24(23)7-8-60(25,35)3)88-55-48(83)44(79)50(34(19-69)94-55)95-59-53(52(40(75)33(18-68)93-59)97-57-47(82)43(78)38(73)31(16-66)91-57)98-58-49(84)51(39(74)32(17-67)92-58)96-56-46(81)42(77)37(72)30(15-65)90-56/h21-59,64-86H,5-20H2,1-4H3/t21-,22+,23-,24+,25+,26-,27+,28-,29-,30-,31-,32-,33-,34-,35+,36-,37-,38-,39-,40-,41+,42+,43+,44-,45-,46-,47-,48-,49-,50+,51+,52+,53-,54-,55-,56+,57+,58+,59+,60+,61-,62-,63+/m1/s1. The van der Waals surface area contributed by atoms with Crippen LogP contribution < -0.4 is 0 Å². The van der Waals surface area contributed by atoms with Gasteiger partial charge in [0.15, 0.2) is 43.5 Å². The normalized spacial score (nSPS) is 55.8. The van der Waals surface area contributed by atoms with Crippen molar-refractivity contribution >= 4 is 0 Å². The third-order valence-corrected chi connectivity index (χ3v) is 24.5. The Balaban J connectivity index is 0.761. The van der Waals surface area contributed by atoms with Crippen molar-refractivity contribution in [2.24, 2.45) is 46.3 Å². The van der Waals surface area contributed by atoms with Gasteiger partial charge in [-0.15, -0.1) is 0 Å². The second-order valence-electron chi connectivity index (χ2n) is 30.2. The zero-order valence-electron chi connectivity index (χ0n) is 55.4. The second kappa shape index (κ2) is 31.0. The number of fused-ring (bicyclic) bond motifs is 7. The fraction of sp³-hybridized carbons (Fsp3) is 1.00. The van der Waals surface area contributed by atoms with E-state index in [0.29, 0.717) is 32.1 Å². The van der Waals surface area contributed by atoms with Gasteiger partial charge in [-0.2, -0.15) is 0 Å². The summed E-state index contributed by atoms with van der Waals surface area (Å²) in [7, 11) is 0. The second-order valence-corrected chi connectivity index (χ2v) is 30.2. The Hall–Kier alpha value is -1.44. The van der Waals surface area contributed by atoms with E-state index in [1.165, 1.54) is 0 Å². The SMILES string of the molecule is C[C@H](CC[C@]1(O)O[C@H]2C[C@H]3[C@@H]4CC[C@@]5(O)C[C@@H](O[C@@H]6O[C@H](CO)[C@H](O[C@@H]7O[C@H](CO)[C@@H](O)[C@H](O[C@@H]8O[C@H](CO)[C@@H](O)[C@H](O)[C@H]8O)[C@H]7O[C@@H]7O[C@H](CO)[C@@H](O)[C@H](O[C@@H]8O[C@H](CO)[C@@H](O)[C@H](O)[C@H]8O)[C@H]7O)[C@H](O)[C@H]6O)[C@H](O)C[C@]5(C)[C@H]4CC[C@]3(C)[C@H]2[C@@H]1C)CO[C@@H]1O[C@H](CO)[C@@H](O)[C@H](O)[C@H]1O. The molecule has 7 heterocycles. The molecule has 36 nitrogen and oxygen atoms in total. The highest BCUT2D eigenvalue weighted by atomic mass is 16.8. The molecule has 7 aliphatic heterocycles. The first-order valence-electron chi connectivity index (χ1n) is 34.6. The minimum Gasteiger partial charge on any atom is -0.394 e. The van der Waals surface area contributed by atoms with Crippen LogP contribution in [-0.4, -0.2) is 378 Å². The predicted molar refractivity (Wildman–Crippen MR) is 320 cm³/mol. The van der Waals surface area contributed by atoms with Crippen LogP contribution in [0.5, 0.6) is 0 Å². The molecule has 0 radical (unpaired) electrons. The summed E-state index contributed by atoms with van der Waals surface area (Å²) >= 11 is 0. The molecular formula is C63H106O36. The summed E-state index contributed by atoms with van der Waals surface area (Å²) < 4.78 is 77.4. The van der Waals surface area contributed by atoms with Crippen LogP contribution >= 0.6 is 0 Å². The summed E-state index contributed by atoms with van der Waals surface area (Å²) in [5, 5.41) is 253. The van der Waals surface area contributed by atoms with E-state index >= 15 is 0 Å². The van der Waals surface area contributed by atoms with Gasteiger partial charge in [-0.05, 0) is 80.0 Å². The van der Waals surface area contributed by atoms with Gasteiger partial charge in [-0.1, -0.05) is 27.7 Å². The number of aliphatic hydroxyl groups excluding tert-OH is 21. The maximum absolute atomic E-state index is 12.9. The Morgan fingerprint density at radius 1 is 0.434 bits per heavy atom. The van der Waals surface area contributed by atoms with Crippen molar-refractivity contribution in [1.29, 1.82) is 0 Å². The van der Waals surface area contributed by atoms with Crippen LogP contribution in [0.15, 0.2) is 0 Å². The molecule has 574 valence electrons. The van der Waals surface area contributed by atoms with E-state index in [2.05, 4.69) is 6.92 Å². The molecule has 43 atom stereocenters. The molecule has 0 amide bonds. The van der Waals surface area contributed by atoms with Gasteiger partial charge in [0.05, 0.1) is 70.2 Å². The van der Waals surface area contributed by atoms with E-state index in [9.17, 15) is 117 Å². The van der Waals surface area contributed by atoms with Crippen LogP contribution in [0.25, 0.3) is 0 Å². The average molecular weight is 1440 g/mol. The minimum absolute atomic E-state index is 0.0119. The molecule has 11 aliphatic rings. The van der Waals surface area contributed by atoms with Gasteiger partial charge in [0, 0.05) is 24.2 Å². The van der Waals surface area contributed by atoms with Crippen LogP contribution in [0, 0.1) is 46.3 Å². The molecule has 36 heteroatoms. The van der Waals surface area contributed by atoms with Gasteiger partial charge in [-0.25, -0.2) is 0 Å². The van der Waals surface area contributed by atoms with Crippen LogP contribution in [-0.2, 0) is 61.6 Å². The third kappa shape index (κ3) is 14.3. The molecule has 4 aliphatic carbocycles. The first-order valence-corrected chi connectivity index (χ1v) is 34.6. The fourth-order valence-corrected chi connectivity index (χ4v) is 18.6. The van der Waals surface area contributed by atoms with Crippen molar-refractivity contribution < 1.29 is 179 Å². The van der Waals surface area contributed by atoms with Crippen molar-refractivity contribution in [2.45, 2.75) is 299 Å². The number of rotatable bonds is 22. The van der Waals surface area contributed by atoms with Gasteiger partial charge in [-0.3, -0.25) is 0 Å². The van der Waals surface area contributed by atoms with Gasteiger partial charge < -0.3 is 179 Å². The van der Waals surface area contributed by atoms with Gasteiger partial charge in [0.1, 0.15) is 146 Å². The number of hydrogen-bond acceptors (Lipinski definition) is 36. The fourth-order valence-electron chi connectivity index (χ4n) is 18.6. The number of hydrogen-bond donors (Lipinski definition) is 23. The van der Waals surface area contributed by atoms with Crippen LogP contribution in [0.2, 0.25) is 0 Å². The lowest BCUT2D eigenvalue weighted by Crippen LogP contribution is -2.69. The molecule has 0 bridgehead atoms. The summed E-state index contributed by atoms with van der Waals surface area (Å²) in [6.07, 6.45) is -56.1. The summed E-state index contributed by atoms with van der Waals surface area (Å²) in [4.78, 5) is 0. The average Bonchev–Trinajstić information content (AvgIpc) is 1.61. The first-order chi connectivity index (χ1) is 46.8. The minimum atomic E-state index is -2.29. The molecule has 0 aromatic carbocycles. The summed E-state index contributed by atoms with van der Waals surface area (Å²) in [6.45, 7) is 2.62. The highest BCUT2D eigenvalue weighted by molar-refractivity contribution is 5.19. The van der Waals surface area contributed by atoms with Crippen LogP contribution in [0.1, 0.15) is 85.5 Å². The molecule has 0 unspecified atom stereocenters. The lowest BCUT2D eigenvalue weighted by Gasteiger charge is -2.65. The van der Waals surface area contributed by atoms with Gasteiger partial charge in [0.2, 0.25) is 0 Å². The highest BCUT2D eigenvalue weighted by Crippen LogP contribution is 2.72. The molecule has 4 saturated carbocycles. The lowest BCUT2D eigenvalue weighted by molar-refractivity contribution is -0.412. The molecule has 0 aromatic rings. The van der Waals surface area contributed by atoms with Crippen molar-refractivity contribution in [1.82, 2.24) is 0 Å². The van der Waals surface area contributed by atoms with Crippen LogP contribution in [0.4, 0.5) is 0 Å². The molecule has 0 aromatic heterocycles. The van der Waals surface area contributed by atoms with E-state index in [0.717, 1.165) is 6.42 Å². The number of aliphatic hydroxyl groups is 23. The summed E-state index contributed by atoms with van der Waals surface area (Å²) in [5.74, 6) is -1.76. The number of ether oxygens (including phenoxy) is 13. The zero-order chi connectivity index (χ0) is 72.0. The molecule has 11 fully saturated rings. The predicted octanol–water partition coefficient (Wildman–Crippen LogP) is -10.2. The smallest absolute Gasteiger partial charge is 0.187 e. The molecular weight excluding hydrogens is 1330 g/mol. The van der Waals surface area contributed by atoms with Crippen molar-refractivity contribution in [2.75, 3.05) is 46.2 Å². The van der Waals surface area contributed by atoms with Crippen molar-refractivity contribution in [3.63, 3.8) is 0 Å². The maximum Gasteiger partial charge on any atom is 0.187 e. The summed E-state index contributed by atoms with van der Waals surface area (Å²) in [5.41, 5.74) is -2.57. The zero-order valence-corrected chi connectivity index (χ0v) is 55.4. The first kappa shape index (κ1) is 78.6. The van der Waals surface area contributed by atoms with Crippen molar-refractivity contribution in [3.8, 4) is 0 Å². The Kier molecular flexibility index (Phi) is 24.6. The van der Waals surface area contributed by atoms with E-state index < -0.39 is 253 Å². The van der Waals surface area contributed by atoms with Gasteiger partial charge in [0.25, 0.3) is 0 Å². The molecule has 7 saturated heterocycles. The van der Waals surface area contributed by atoms with Crippen molar-refractivity contribution in [3.05, 3.63) is 0 Å². The topological polar surface area (TPSA) is 585 Å². The molecule has 0 spiro atoms. The Morgan fingerprint density at radius 2 is 0.879 bits per heavy atom. The largest absolute Gasteiger partial charge is 0.394 e. The van der Waals surface area contributed by atoms with E-state index in [1.807, 2.05) is 20.8 Å². The molecule has 23 N–H and O–H groups in total. The van der Waals surface area contributed by atoms with E-state index in [-0.39, 0.29) is 72.9 Å². The Labute approximate surface area is 569 Å². The lowest BCUT2D eigenvalue weighted by atomic mass is 9.42. The van der Waals surface area contributed by atoms with Gasteiger partial charge >= 0.3 is 0 Å². The van der Waals surface area contributed by atoms with Crippen LogP contribution in [0.3, 0.4) is 0 Å². The molecule has 99 heavy (non-hydrogen) atoms. The van der Waals surface area contributed by atoms with E-state index in [1.54, 1.807) is 0 Å². The Morgan fingerprint density at radius 3 is 1.43 bits per heavy atom. The maximum atomic E-state index is 12.9. The monoisotopic (exact) mass is 1440 g/mol. The quantitative estimate of drug-likeness (QED) is 0.0448. The Bertz CT molecular complexity index is 2600. The van der Waals surface area contributed by atoms with E-state index in [4.69, 9.17) is 61.6 Å². The summed E-state index contributed by atoms with van der Waals surface area (Å²) in [6, 6.07) is 0. The highest BCUT2D eigenvalue weighted by Gasteiger charge is 2.71.